The maximum absolute atomic E-state index is 12.9. The highest BCUT2D eigenvalue weighted by molar-refractivity contribution is 6.06. The summed E-state index contributed by atoms with van der Waals surface area (Å²) in [6, 6.07) is 29.4. The van der Waals surface area contributed by atoms with Crippen molar-refractivity contribution in [2.75, 3.05) is 11.9 Å². The van der Waals surface area contributed by atoms with Crippen LogP contribution in [0.4, 0.5) is 5.82 Å². The van der Waals surface area contributed by atoms with Crippen molar-refractivity contribution in [1.82, 2.24) is 19.5 Å². The average molecular weight is 576 g/mol. The molecule has 2 bridgehead atoms. The first-order chi connectivity index (χ1) is 21.1. The molecule has 9 heteroatoms. The standard InChI is InChI=1S/C34H33N5O4/c1-23-17-34(20-41-18-24-11-5-2-6-12-24)29(42-19-25-13-7-3-8-14-25)27(23)33(43-34)39-22-37-28-30(35-21-36-31(28)39)38-32(40)26-15-9-4-10-16-26/h2-16,21-23,27,29,33H,17-20H2,1H3,(H,35,36,38,40)/t23-,27-,29+,33-,34-/m1/s1. The normalized spacial score (nSPS) is 24.4. The Kier molecular flexibility index (Phi) is 7.44. The molecule has 1 amide bonds. The Morgan fingerprint density at radius 1 is 0.930 bits per heavy atom. The van der Waals surface area contributed by atoms with Crippen molar-refractivity contribution in [3.05, 3.63) is 120 Å². The number of fused-ring (bicyclic) bond motifs is 3. The summed E-state index contributed by atoms with van der Waals surface area (Å²) in [6.45, 7) is 3.62. The number of rotatable bonds is 10. The van der Waals surface area contributed by atoms with Crippen LogP contribution in [0, 0.1) is 11.8 Å². The fourth-order valence-electron chi connectivity index (χ4n) is 6.57. The van der Waals surface area contributed by atoms with Crippen LogP contribution < -0.4 is 5.32 Å². The van der Waals surface area contributed by atoms with Crippen molar-refractivity contribution in [3.63, 3.8) is 0 Å². The van der Waals surface area contributed by atoms with E-state index in [0.29, 0.717) is 48.3 Å². The van der Waals surface area contributed by atoms with Crippen molar-refractivity contribution < 1.29 is 19.0 Å². The number of hydrogen-bond acceptors (Lipinski definition) is 7. The average Bonchev–Trinajstić information content (AvgIpc) is 3.69. The second-order valence-electron chi connectivity index (χ2n) is 11.4. The predicted molar refractivity (Wildman–Crippen MR) is 161 cm³/mol. The number of hydrogen-bond donors (Lipinski definition) is 1. The van der Waals surface area contributed by atoms with Crippen LogP contribution in [-0.4, -0.2) is 43.7 Å². The van der Waals surface area contributed by atoms with Gasteiger partial charge in [-0.15, -0.1) is 0 Å². The largest absolute Gasteiger partial charge is 0.374 e. The Bertz CT molecular complexity index is 1700. The maximum atomic E-state index is 12.9. The number of nitrogens with zero attached hydrogens (tertiary/aromatic N) is 4. The summed E-state index contributed by atoms with van der Waals surface area (Å²) >= 11 is 0. The highest BCUT2D eigenvalue weighted by atomic mass is 16.6. The lowest BCUT2D eigenvalue weighted by atomic mass is 9.94. The molecule has 3 aromatic carbocycles. The molecule has 1 N–H and O–H groups in total. The lowest BCUT2D eigenvalue weighted by Gasteiger charge is -2.34. The third-order valence-electron chi connectivity index (χ3n) is 8.51. The molecule has 5 atom stereocenters. The van der Waals surface area contributed by atoms with Gasteiger partial charge in [-0.05, 0) is 35.6 Å². The summed E-state index contributed by atoms with van der Waals surface area (Å²) in [6.07, 6.45) is 3.42. The number of amides is 1. The third-order valence-corrected chi connectivity index (χ3v) is 8.51. The van der Waals surface area contributed by atoms with Crippen molar-refractivity contribution in [2.45, 2.75) is 44.5 Å². The number of ether oxygens (including phenoxy) is 3. The van der Waals surface area contributed by atoms with Crippen LogP contribution in [0.3, 0.4) is 0 Å². The highest BCUT2D eigenvalue weighted by Crippen LogP contribution is 2.57. The van der Waals surface area contributed by atoms with Gasteiger partial charge in [0.2, 0.25) is 0 Å². The molecule has 2 aliphatic rings. The number of imidazole rings is 1. The molecule has 0 spiro atoms. The summed E-state index contributed by atoms with van der Waals surface area (Å²) in [5.74, 6) is 0.436. The fourth-order valence-corrected chi connectivity index (χ4v) is 6.57. The monoisotopic (exact) mass is 575 g/mol. The summed E-state index contributed by atoms with van der Waals surface area (Å²) in [4.78, 5) is 26.4. The van der Waals surface area contributed by atoms with Gasteiger partial charge in [-0.2, -0.15) is 0 Å². The van der Waals surface area contributed by atoms with Crippen LogP contribution in [0.2, 0.25) is 0 Å². The zero-order valence-electron chi connectivity index (χ0n) is 23.9. The Balaban J connectivity index is 1.17. The molecule has 1 saturated heterocycles. The van der Waals surface area contributed by atoms with E-state index in [-0.39, 0.29) is 24.2 Å². The summed E-state index contributed by atoms with van der Waals surface area (Å²) < 4.78 is 21.9. The molecule has 3 heterocycles. The number of carbonyl (C=O) groups is 1. The van der Waals surface area contributed by atoms with Crippen LogP contribution >= 0.6 is 0 Å². The molecule has 1 aliphatic carbocycles. The lowest BCUT2D eigenvalue weighted by Crippen LogP contribution is -2.43. The van der Waals surface area contributed by atoms with Gasteiger partial charge in [0.15, 0.2) is 17.0 Å². The smallest absolute Gasteiger partial charge is 0.256 e. The molecule has 218 valence electrons. The van der Waals surface area contributed by atoms with Gasteiger partial charge in [-0.3, -0.25) is 9.36 Å². The van der Waals surface area contributed by atoms with Gasteiger partial charge in [0, 0.05) is 11.5 Å². The van der Waals surface area contributed by atoms with Crippen molar-refractivity contribution in [3.8, 4) is 0 Å². The van der Waals surface area contributed by atoms with E-state index in [2.05, 4.69) is 51.5 Å². The molecule has 1 saturated carbocycles. The van der Waals surface area contributed by atoms with Crippen LogP contribution in [-0.2, 0) is 27.4 Å². The number of nitrogens with one attached hydrogen (secondary N) is 1. The molecule has 2 fully saturated rings. The van der Waals surface area contributed by atoms with Gasteiger partial charge < -0.3 is 19.5 Å². The van der Waals surface area contributed by atoms with E-state index in [0.717, 1.165) is 17.5 Å². The van der Waals surface area contributed by atoms with Crippen molar-refractivity contribution >= 4 is 22.9 Å². The van der Waals surface area contributed by atoms with E-state index >= 15 is 0 Å². The minimum Gasteiger partial charge on any atom is -0.374 e. The molecule has 2 aromatic heterocycles. The number of anilines is 1. The first kappa shape index (κ1) is 27.4. The third kappa shape index (κ3) is 5.31. The highest BCUT2D eigenvalue weighted by Gasteiger charge is 2.64. The van der Waals surface area contributed by atoms with Crippen LogP contribution in [0.5, 0.6) is 0 Å². The van der Waals surface area contributed by atoms with E-state index in [1.807, 2.05) is 59.2 Å². The minimum atomic E-state index is -0.633. The Hall–Kier alpha value is -4.44. The molecule has 43 heavy (non-hydrogen) atoms. The van der Waals surface area contributed by atoms with Gasteiger partial charge in [0.25, 0.3) is 5.91 Å². The molecular weight excluding hydrogens is 542 g/mol. The first-order valence-electron chi connectivity index (χ1n) is 14.6. The van der Waals surface area contributed by atoms with Crippen LogP contribution in [0.25, 0.3) is 11.2 Å². The Morgan fingerprint density at radius 2 is 1.60 bits per heavy atom. The van der Waals surface area contributed by atoms with E-state index in [9.17, 15) is 4.79 Å². The summed E-state index contributed by atoms with van der Waals surface area (Å²) in [5, 5.41) is 2.89. The first-order valence-corrected chi connectivity index (χ1v) is 14.6. The van der Waals surface area contributed by atoms with Crippen LogP contribution in [0.1, 0.15) is 41.1 Å². The van der Waals surface area contributed by atoms with Gasteiger partial charge in [0.05, 0.1) is 32.3 Å². The lowest BCUT2D eigenvalue weighted by molar-refractivity contribution is -0.166. The molecule has 5 aromatic rings. The second-order valence-corrected chi connectivity index (χ2v) is 11.4. The maximum Gasteiger partial charge on any atom is 0.256 e. The zero-order chi connectivity index (χ0) is 29.2. The van der Waals surface area contributed by atoms with Gasteiger partial charge in [-0.1, -0.05) is 85.8 Å². The van der Waals surface area contributed by atoms with Crippen molar-refractivity contribution in [1.29, 1.82) is 0 Å². The molecule has 0 unspecified atom stereocenters. The number of carbonyl (C=O) groups excluding carboxylic acids is 1. The van der Waals surface area contributed by atoms with Crippen LogP contribution in [0.15, 0.2) is 104 Å². The fraction of sp³-hybridized carbons (Fsp3) is 0.294. The summed E-state index contributed by atoms with van der Waals surface area (Å²) in [5.41, 5.74) is 3.21. The number of benzene rings is 3. The van der Waals surface area contributed by atoms with Crippen molar-refractivity contribution in [2.24, 2.45) is 11.8 Å². The topological polar surface area (TPSA) is 100 Å². The summed E-state index contributed by atoms with van der Waals surface area (Å²) in [7, 11) is 0. The van der Waals surface area contributed by atoms with Gasteiger partial charge in [-0.25, -0.2) is 15.0 Å². The molecule has 9 nitrogen and oxygen atoms in total. The molecule has 0 radical (unpaired) electrons. The predicted octanol–water partition coefficient (Wildman–Crippen LogP) is 5.80. The Labute approximate surface area is 249 Å². The second kappa shape index (κ2) is 11.7. The molecular formula is C34H33N5O4. The Morgan fingerprint density at radius 3 is 2.33 bits per heavy atom. The van der Waals surface area contributed by atoms with E-state index in [1.165, 1.54) is 6.33 Å². The SMILES string of the molecule is C[C@@H]1C[C@]2(COCc3ccccc3)O[C@@H](n3cnc4c(NC(=O)c5ccccc5)ncnc43)[C@H]1[C@@H]2OCc1ccccc1. The van der Waals surface area contributed by atoms with Gasteiger partial charge >= 0.3 is 0 Å². The van der Waals surface area contributed by atoms with E-state index in [4.69, 9.17) is 14.2 Å². The van der Waals surface area contributed by atoms with Gasteiger partial charge in [0.1, 0.15) is 18.2 Å². The zero-order valence-corrected chi connectivity index (χ0v) is 23.9. The number of aromatic nitrogens is 4. The molecule has 7 rings (SSSR count). The minimum absolute atomic E-state index is 0.0405. The van der Waals surface area contributed by atoms with E-state index in [1.54, 1.807) is 18.5 Å². The molecule has 1 aliphatic heterocycles. The quantitative estimate of drug-likeness (QED) is 0.225. The van der Waals surface area contributed by atoms with E-state index < -0.39 is 5.60 Å².